The van der Waals surface area contributed by atoms with Gasteiger partial charge in [-0.1, -0.05) is 37.1 Å². The van der Waals surface area contributed by atoms with Gasteiger partial charge in [0, 0.05) is 26.2 Å². The third-order valence-corrected chi connectivity index (χ3v) is 8.54. The van der Waals surface area contributed by atoms with Gasteiger partial charge in [-0.05, 0) is 100 Å². The van der Waals surface area contributed by atoms with E-state index in [4.69, 9.17) is 9.97 Å². The minimum absolute atomic E-state index is 0.196. The Morgan fingerprint density at radius 1 is 0.583 bits per heavy atom. The number of imidazole rings is 2. The molecule has 0 saturated heterocycles. The summed E-state index contributed by atoms with van der Waals surface area (Å²) in [6.45, 7) is 10.9. The number of fused-ring (bicyclic) bond motifs is 2. The molecule has 0 unspecified atom stereocenters. The SMILES string of the molecule is CCn1c(-c2cccc(C(=O)NCCCCCCNC(=O)c3cccc(-c4nc5cc(C)ccc5n4CC)n3)n2)nc2cc(C)ccc21. The smallest absolute Gasteiger partial charge is 0.269 e. The molecule has 246 valence electrons. The van der Waals surface area contributed by atoms with Crippen LogP contribution in [0.1, 0.15) is 71.6 Å². The topological polar surface area (TPSA) is 120 Å². The van der Waals surface area contributed by atoms with E-state index >= 15 is 0 Å². The summed E-state index contributed by atoms with van der Waals surface area (Å²) in [5.41, 5.74) is 8.38. The first-order chi connectivity index (χ1) is 23.4. The molecule has 6 aromatic rings. The highest BCUT2D eigenvalue weighted by atomic mass is 16.2. The second-order valence-electron chi connectivity index (χ2n) is 12.1. The number of hydrogen-bond donors (Lipinski definition) is 2. The molecule has 4 aromatic heterocycles. The lowest BCUT2D eigenvalue weighted by Crippen LogP contribution is -2.26. The van der Waals surface area contributed by atoms with Crippen molar-refractivity contribution in [1.29, 1.82) is 0 Å². The van der Waals surface area contributed by atoms with Gasteiger partial charge in [-0.15, -0.1) is 0 Å². The van der Waals surface area contributed by atoms with E-state index in [0.29, 0.717) is 35.9 Å². The predicted octanol–water partition coefficient (Wildman–Crippen LogP) is 6.89. The van der Waals surface area contributed by atoms with Crippen LogP contribution in [0.5, 0.6) is 0 Å². The number of benzene rings is 2. The minimum atomic E-state index is -0.196. The lowest BCUT2D eigenvalue weighted by Gasteiger charge is -2.09. The Labute approximate surface area is 280 Å². The lowest BCUT2D eigenvalue weighted by molar-refractivity contribution is 0.0938. The van der Waals surface area contributed by atoms with Gasteiger partial charge < -0.3 is 19.8 Å². The van der Waals surface area contributed by atoms with Crippen molar-refractivity contribution in [3.05, 3.63) is 95.3 Å². The molecule has 0 fully saturated rings. The number of hydrogen-bond acceptors (Lipinski definition) is 6. The normalized spacial score (nSPS) is 11.3. The monoisotopic (exact) mass is 642 g/mol. The molecular weight excluding hydrogens is 600 g/mol. The van der Waals surface area contributed by atoms with Crippen molar-refractivity contribution in [1.82, 2.24) is 39.7 Å². The van der Waals surface area contributed by atoms with E-state index < -0.39 is 0 Å². The van der Waals surface area contributed by atoms with E-state index in [1.54, 1.807) is 12.1 Å². The van der Waals surface area contributed by atoms with Crippen LogP contribution in [0, 0.1) is 13.8 Å². The second kappa shape index (κ2) is 14.6. The summed E-state index contributed by atoms with van der Waals surface area (Å²) >= 11 is 0. The van der Waals surface area contributed by atoms with Gasteiger partial charge in [0.25, 0.3) is 11.8 Å². The molecule has 0 saturated carbocycles. The first-order valence-electron chi connectivity index (χ1n) is 16.8. The van der Waals surface area contributed by atoms with Crippen LogP contribution in [0.2, 0.25) is 0 Å². The number of unbranched alkanes of at least 4 members (excludes halogenated alkanes) is 3. The summed E-state index contributed by atoms with van der Waals surface area (Å²) in [7, 11) is 0. The van der Waals surface area contributed by atoms with E-state index in [0.717, 1.165) is 83.6 Å². The van der Waals surface area contributed by atoms with Gasteiger partial charge in [0.2, 0.25) is 0 Å². The molecule has 0 bridgehead atoms. The number of carbonyl (C=O) groups excluding carboxylic acids is 2. The van der Waals surface area contributed by atoms with Crippen molar-refractivity contribution in [2.24, 2.45) is 0 Å². The molecule has 0 aliphatic heterocycles. The molecule has 10 nitrogen and oxygen atoms in total. The maximum absolute atomic E-state index is 12.9. The quantitative estimate of drug-likeness (QED) is 0.133. The standard InChI is InChI=1S/C38H42N8O2/c1-5-45-33-19-17-25(3)23-31(33)43-35(45)27-13-11-15-29(41-27)37(47)39-21-9-7-8-10-22-40-38(48)30-16-12-14-28(42-30)36-44-32-24-26(4)18-20-34(32)46(36)6-2/h11-20,23-24H,5-10,21-22H2,1-4H3,(H,39,47)(H,40,48). The minimum Gasteiger partial charge on any atom is -0.351 e. The first-order valence-corrected chi connectivity index (χ1v) is 16.8. The molecule has 2 aromatic carbocycles. The summed E-state index contributed by atoms with van der Waals surface area (Å²) in [5.74, 6) is 1.13. The van der Waals surface area contributed by atoms with Gasteiger partial charge in [-0.2, -0.15) is 0 Å². The molecule has 10 heteroatoms. The molecule has 0 atom stereocenters. The summed E-state index contributed by atoms with van der Waals surface area (Å²) in [5, 5.41) is 5.99. The predicted molar refractivity (Wildman–Crippen MR) is 190 cm³/mol. The molecule has 2 N–H and O–H groups in total. The number of nitrogens with zero attached hydrogens (tertiary/aromatic N) is 6. The number of rotatable bonds is 13. The Bertz CT molecular complexity index is 1940. The molecule has 0 aliphatic rings. The lowest BCUT2D eigenvalue weighted by atomic mass is 10.2. The van der Waals surface area contributed by atoms with Crippen molar-refractivity contribution in [3.63, 3.8) is 0 Å². The summed E-state index contributed by atoms with van der Waals surface area (Å²) in [6.07, 6.45) is 3.55. The Morgan fingerprint density at radius 3 is 1.44 bits per heavy atom. The van der Waals surface area contributed by atoms with Gasteiger partial charge in [0.15, 0.2) is 11.6 Å². The average Bonchev–Trinajstić information content (AvgIpc) is 3.66. The third kappa shape index (κ3) is 6.97. The van der Waals surface area contributed by atoms with Crippen LogP contribution in [-0.2, 0) is 13.1 Å². The largest absolute Gasteiger partial charge is 0.351 e. The second-order valence-corrected chi connectivity index (χ2v) is 12.1. The van der Waals surface area contributed by atoms with Gasteiger partial charge >= 0.3 is 0 Å². The van der Waals surface area contributed by atoms with Gasteiger partial charge in [0.05, 0.1) is 22.1 Å². The van der Waals surface area contributed by atoms with Gasteiger partial charge in [0.1, 0.15) is 22.8 Å². The molecule has 0 spiro atoms. The summed E-state index contributed by atoms with van der Waals surface area (Å²) < 4.78 is 4.25. The number of pyridine rings is 2. The van der Waals surface area contributed by atoms with Crippen LogP contribution >= 0.6 is 0 Å². The highest BCUT2D eigenvalue weighted by molar-refractivity contribution is 5.93. The maximum atomic E-state index is 12.9. The number of amides is 2. The molecule has 4 heterocycles. The molecule has 2 amide bonds. The fourth-order valence-corrected chi connectivity index (χ4v) is 6.07. The van der Waals surface area contributed by atoms with Crippen LogP contribution in [0.25, 0.3) is 45.1 Å². The highest BCUT2D eigenvalue weighted by Crippen LogP contribution is 2.26. The van der Waals surface area contributed by atoms with E-state index in [2.05, 4.69) is 93.8 Å². The highest BCUT2D eigenvalue weighted by Gasteiger charge is 2.17. The van der Waals surface area contributed by atoms with Gasteiger partial charge in [-0.3, -0.25) is 9.59 Å². The van der Waals surface area contributed by atoms with Crippen LogP contribution < -0.4 is 10.6 Å². The third-order valence-electron chi connectivity index (χ3n) is 8.54. The van der Waals surface area contributed by atoms with Crippen molar-refractivity contribution in [2.75, 3.05) is 13.1 Å². The van der Waals surface area contributed by atoms with Crippen molar-refractivity contribution < 1.29 is 9.59 Å². The van der Waals surface area contributed by atoms with Crippen LogP contribution in [0.4, 0.5) is 0 Å². The van der Waals surface area contributed by atoms with E-state index in [9.17, 15) is 9.59 Å². The van der Waals surface area contributed by atoms with Crippen molar-refractivity contribution in [2.45, 2.75) is 66.5 Å². The fraction of sp³-hybridized carbons (Fsp3) is 0.316. The number of carbonyl (C=O) groups is 2. The average molecular weight is 643 g/mol. The van der Waals surface area contributed by atoms with Crippen LogP contribution in [0.15, 0.2) is 72.8 Å². The van der Waals surface area contributed by atoms with Crippen LogP contribution in [-0.4, -0.2) is 54.0 Å². The molecule has 0 radical (unpaired) electrons. The number of aromatic nitrogens is 6. The summed E-state index contributed by atoms with van der Waals surface area (Å²) in [6, 6.07) is 23.4. The van der Waals surface area contributed by atoms with Crippen molar-refractivity contribution in [3.8, 4) is 23.0 Å². The van der Waals surface area contributed by atoms with E-state index in [1.165, 1.54) is 0 Å². The van der Waals surface area contributed by atoms with E-state index in [-0.39, 0.29) is 11.8 Å². The Kier molecular flexibility index (Phi) is 9.89. The molecule has 48 heavy (non-hydrogen) atoms. The maximum Gasteiger partial charge on any atom is 0.269 e. The Balaban J connectivity index is 0.949. The zero-order valence-electron chi connectivity index (χ0n) is 28.1. The zero-order valence-corrected chi connectivity index (χ0v) is 28.1. The number of nitrogens with one attached hydrogen (secondary N) is 2. The number of aryl methyl sites for hydroxylation is 4. The molecule has 6 rings (SSSR count). The molecule has 0 aliphatic carbocycles. The fourth-order valence-electron chi connectivity index (χ4n) is 6.07. The summed E-state index contributed by atoms with van der Waals surface area (Å²) in [4.78, 5) is 44.7. The first kappa shape index (κ1) is 32.6. The Morgan fingerprint density at radius 2 is 1.02 bits per heavy atom. The zero-order chi connectivity index (χ0) is 33.6. The van der Waals surface area contributed by atoms with E-state index in [1.807, 2.05) is 24.3 Å². The van der Waals surface area contributed by atoms with Crippen molar-refractivity contribution >= 4 is 33.9 Å². The van der Waals surface area contributed by atoms with Gasteiger partial charge in [-0.25, -0.2) is 19.9 Å². The Hall–Kier alpha value is -5.38. The molecular formula is C38H42N8O2. The van der Waals surface area contributed by atoms with Crippen LogP contribution in [0.3, 0.4) is 0 Å².